The van der Waals surface area contributed by atoms with Gasteiger partial charge in [0.15, 0.2) is 0 Å². The molecule has 0 amide bonds. The molecule has 1 saturated carbocycles. The van der Waals surface area contributed by atoms with E-state index in [1.165, 1.54) is 70.6 Å². The number of rotatable bonds is 8. The van der Waals surface area contributed by atoms with Gasteiger partial charge in [0, 0.05) is 5.92 Å². The van der Waals surface area contributed by atoms with Gasteiger partial charge in [-0.1, -0.05) is 49.3 Å². The Bertz CT molecular complexity index is 528. The van der Waals surface area contributed by atoms with Gasteiger partial charge in [0.05, 0.1) is 0 Å². The molecule has 0 heteroatoms. The second-order valence-corrected chi connectivity index (χ2v) is 9.45. The highest BCUT2D eigenvalue weighted by molar-refractivity contribution is 5.16. The Balaban J connectivity index is 1.53. The summed E-state index contributed by atoms with van der Waals surface area (Å²) in [5.41, 5.74) is 1.63. The summed E-state index contributed by atoms with van der Waals surface area (Å²) < 4.78 is 0. The Morgan fingerprint density at radius 2 is 1.89 bits per heavy atom. The lowest BCUT2D eigenvalue weighted by Crippen LogP contribution is -2.30. The van der Waals surface area contributed by atoms with Crippen molar-refractivity contribution in [3.63, 3.8) is 0 Å². The van der Waals surface area contributed by atoms with Crippen LogP contribution >= 0.6 is 0 Å². The molecule has 4 atom stereocenters. The SMILES string of the molecule is C=CCC(C=C)C1=CCC(C(CC)C2CCC([C@H]3C=CCCC3)CC2)CC1. The third-order valence-electron chi connectivity index (χ3n) is 8.06. The lowest BCUT2D eigenvalue weighted by atomic mass is 9.65. The molecule has 0 aromatic rings. The third-order valence-corrected chi connectivity index (χ3v) is 8.06. The van der Waals surface area contributed by atoms with Gasteiger partial charge < -0.3 is 0 Å². The average Bonchev–Trinajstić information content (AvgIpc) is 2.74. The molecular formula is C27H42. The molecule has 0 heterocycles. The maximum atomic E-state index is 4.05. The predicted molar refractivity (Wildman–Crippen MR) is 120 cm³/mol. The molecule has 0 N–H and O–H groups in total. The molecule has 0 spiro atoms. The quantitative estimate of drug-likeness (QED) is 0.379. The van der Waals surface area contributed by atoms with E-state index in [9.17, 15) is 0 Å². The summed E-state index contributed by atoms with van der Waals surface area (Å²) in [6.45, 7) is 10.4. The number of hydrogen-bond donors (Lipinski definition) is 0. The summed E-state index contributed by atoms with van der Waals surface area (Å²) in [7, 11) is 0. The fourth-order valence-electron chi connectivity index (χ4n) is 6.46. The van der Waals surface area contributed by atoms with Crippen LogP contribution in [0.3, 0.4) is 0 Å². The first-order valence-corrected chi connectivity index (χ1v) is 11.9. The molecule has 0 nitrogen and oxygen atoms in total. The van der Waals surface area contributed by atoms with Crippen molar-refractivity contribution in [3.8, 4) is 0 Å². The van der Waals surface area contributed by atoms with Gasteiger partial charge in [-0.05, 0) is 100 Å². The second kappa shape index (κ2) is 10.5. The van der Waals surface area contributed by atoms with Crippen molar-refractivity contribution >= 4 is 0 Å². The van der Waals surface area contributed by atoms with Crippen molar-refractivity contribution < 1.29 is 0 Å². The van der Waals surface area contributed by atoms with E-state index < -0.39 is 0 Å². The lowest BCUT2D eigenvalue weighted by Gasteiger charge is -2.41. The highest BCUT2D eigenvalue weighted by atomic mass is 14.4. The third kappa shape index (κ3) is 5.27. The van der Waals surface area contributed by atoms with E-state index in [2.05, 4.69) is 44.4 Å². The topological polar surface area (TPSA) is 0 Å². The number of hydrogen-bond acceptors (Lipinski definition) is 0. The van der Waals surface area contributed by atoms with Gasteiger partial charge >= 0.3 is 0 Å². The van der Waals surface area contributed by atoms with E-state index in [4.69, 9.17) is 0 Å². The van der Waals surface area contributed by atoms with Crippen LogP contribution in [0.25, 0.3) is 0 Å². The van der Waals surface area contributed by atoms with Crippen LogP contribution in [0.4, 0.5) is 0 Å². The van der Waals surface area contributed by atoms with E-state index in [1.54, 1.807) is 5.57 Å². The van der Waals surface area contributed by atoms with Crippen molar-refractivity contribution in [2.75, 3.05) is 0 Å². The largest absolute Gasteiger partial charge is 0.103 e. The molecule has 0 aliphatic heterocycles. The summed E-state index contributed by atoms with van der Waals surface area (Å²) in [6, 6.07) is 0. The maximum Gasteiger partial charge on any atom is 0.000845 e. The summed E-state index contributed by atoms with van der Waals surface area (Å²) in [6.07, 6.45) is 28.3. The summed E-state index contributed by atoms with van der Waals surface area (Å²) in [5, 5.41) is 0. The van der Waals surface area contributed by atoms with Crippen molar-refractivity contribution in [1.29, 1.82) is 0 Å². The zero-order valence-electron chi connectivity index (χ0n) is 17.8. The van der Waals surface area contributed by atoms with Crippen molar-refractivity contribution in [2.24, 2.45) is 35.5 Å². The van der Waals surface area contributed by atoms with E-state index >= 15 is 0 Å². The normalized spacial score (nSPS) is 33.7. The molecule has 3 unspecified atom stereocenters. The fraction of sp³-hybridized carbons (Fsp3) is 0.704. The van der Waals surface area contributed by atoms with Crippen LogP contribution in [-0.2, 0) is 0 Å². The van der Waals surface area contributed by atoms with Crippen LogP contribution in [-0.4, -0.2) is 0 Å². The molecule has 1 fully saturated rings. The summed E-state index contributed by atoms with van der Waals surface area (Å²) in [4.78, 5) is 0. The van der Waals surface area contributed by atoms with Gasteiger partial charge in [-0.2, -0.15) is 0 Å². The van der Waals surface area contributed by atoms with E-state index in [0.717, 1.165) is 36.0 Å². The minimum absolute atomic E-state index is 0.530. The van der Waals surface area contributed by atoms with Crippen molar-refractivity contribution in [2.45, 2.75) is 84.0 Å². The molecule has 0 saturated heterocycles. The first-order chi connectivity index (χ1) is 13.3. The second-order valence-electron chi connectivity index (χ2n) is 9.45. The molecule has 0 bridgehead atoms. The van der Waals surface area contributed by atoms with Gasteiger partial charge in [-0.25, -0.2) is 0 Å². The Kier molecular flexibility index (Phi) is 8.04. The van der Waals surface area contributed by atoms with Gasteiger partial charge in [0.1, 0.15) is 0 Å². The van der Waals surface area contributed by atoms with Crippen molar-refractivity contribution in [1.82, 2.24) is 0 Å². The molecular weight excluding hydrogens is 324 g/mol. The molecule has 27 heavy (non-hydrogen) atoms. The lowest BCUT2D eigenvalue weighted by molar-refractivity contribution is 0.123. The van der Waals surface area contributed by atoms with Crippen LogP contribution in [0, 0.1) is 35.5 Å². The van der Waals surface area contributed by atoms with Crippen LogP contribution in [0.5, 0.6) is 0 Å². The van der Waals surface area contributed by atoms with Gasteiger partial charge in [0.2, 0.25) is 0 Å². The van der Waals surface area contributed by atoms with Crippen molar-refractivity contribution in [3.05, 3.63) is 49.1 Å². The molecule has 3 aliphatic rings. The van der Waals surface area contributed by atoms with E-state index in [1.807, 2.05) is 6.08 Å². The van der Waals surface area contributed by atoms with E-state index in [0.29, 0.717) is 5.92 Å². The first-order valence-electron chi connectivity index (χ1n) is 11.9. The Labute approximate surface area is 168 Å². The number of allylic oxidation sites excluding steroid dienone is 6. The van der Waals surface area contributed by atoms with Gasteiger partial charge in [0.25, 0.3) is 0 Å². The smallest absolute Gasteiger partial charge is 0.000845 e. The maximum absolute atomic E-state index is 4.05. The highest BCUT2D eigenvalue weighted by Gasteiger charge is 2.34. The molecule has 150 valence electrons. The van der Waals surface area contributed by atoms with Crippen LogP contribution < -0.4 is 0 Å². The molecule has 0 aromatic heterocycles. The predicted octanol–water partition coefficient (Wildman–Crippen LogP) is 8.28. The minimum Gasteiger partial charge on any atom is -0.103 e. The summed E-state index contributed by atoms with van der Waals surface area (Å²) >= 11 is 0. The monoisotopic (exact) mass is 366 g/mol. The van der Waals surface area contributed by atoms with Crippen LogP contribution in [0.15, 0.2) is 49.1 Å². The fourth-order valence-corrected chi connectivity index (χ4v) is 6.46. The standard InChI is InChI=1S/C27H42/c1-4-10-21(5-2)23-13-17-25(18-14-23)27(6-3)26-19-15-24(16-20-26)22-11-8-7-9-12-22/h4-5,8,11,13,21-22,24-27H,1-2,6-7,9-10,12,14-20H2,3H3/t21?,22-,24?,25?,26?,27?/m0/s1. The van der Waals surface area contributed by atoms with Crippen LogP contribution in [0.1, 0.15) is 84.0 Å². The minimum atomic E-state index is 0.530. The average molecular weight is 367 g/mol. The molecule has 3 rings (SSSR count). The summed E-state index contributed by atoms with van der Waals surface area (Å²) in [5.74, 6) is 5.28. The van der Waals surface area contributed by atoms with Gasteiger partial charge in [-0.3, -0.25) is 0 Å². The molecule has 0 aromatic carbocycles. The first kappa shape index (κ1) is 20.7. The Hall–Kier alpha value is -1.04. The van der Waals surface area contributed by atoms with E-state index in [-0.39, 0.29) is 0 Å². The highest BCUT2D eigenvalue weighted by Crippen LogP contribution is 2.45. The molecule has 3 aliphatic carbocycles. The van der Waals surface area contributed by atoms with Gasteiger partial charge in [-0.15, -0.1) is 13.2 Å². The molecule has 0 radical (unpaired) electrons. The Morgan fingerprint density at radius 3 is 2.44 bits per heavy atom. The zero-order valence-corrected chi connectivity index (χ0v) is 17.8. The zero-order chi connectivity index (χ0) is 19.1. The van der Waals surface area contributed by atoms with Crippen LogP contribution in [0.2, 0.25) is 0 Å². The Morgan fingerprint density at radius 1 is 1.07 bits per heavy atom.